The summed E-state index contributed by atoms with van der Waals surface area (Å²) in [6.45, 7) is 0.369. The molecule has 1 atom stereocenters. The van der Waals surface area contributed by atoms with Gasteiger partial charge in [0.2, 0.25) is 12.7 Å². The van der Waals surface area contributed by atoms with E-state index in [0.29, 0.717) is 11.5 Å². The minimum atomic E-state index is -4.59. The Balaban J connectivity index is 1.39. The number of nitrogens with zero attached hydrogens (tertiary/aromatic N) is 7. The lowest BCUT2D eigenvalue weighted by molar-refractivity contribution is -0.137. The number of benzene rings is 3. The first-order valence-corrected chi connectivity index (χ1v) is 11.7. The number of amides is 1. The largest absolute Gasteiger partial charge is 0.470 e. The quantitative estimate of drug-likeness (QED) is 0.296. The van der Waals surface area contributed by atoms with Crippen molar-refractivity contribution in [1.29, 1.82) is 0 Å². The maximum absolute atomic E-state index is 13.1. The average Bonchev–Trinajstić information content (AvgIpc) is 3.63. The third-order valence-corrected chi connectivity index (χ3v) is 5.92. The minimum Gasteiger partial charge on any atom is -0.470 e. The van der Waals surface area contributed by atoms with Crippen LogP contribution in [0, 0.1) is 0 Å². The number of nitrogens with two attached hydrogens (primary N) is 1. The Bertz CT molecular complexity index is 1500. The molecule has 5 rings (SSSR count). The van der Waals surface area contributed by atoms with Gasteiger partial charge in [0.25, 0.3) is 5.91 Å². The van der Waals surface area contributed by atoms with Crippen LogP contribution in [0.5, 0.6) is 5.75 Å². The van der Waals surface area contributed by atoms with Gasteiger partial charge < -0.3 is 10.5 Å². The number of ether oxygens (including phenoxy) is 1. The van der Waals surface area contributed by atoms with Gasteiger partial charge >= 0.3 is 6.18 Å². The average molecular weight is 535 g/mol. The molecule has 0 aliphatic carbocycles. The molecule has 3 aromatic carbocycles. The van der Waals surface area contributed by atoms with Crippen LogP contribution in [0.1, 0.15) is 33.0 Å². The van der Waals surface area contributed by atoms with Gasteiger partial charge in [-0.2, -0.15) is 23.3 Å². The number of aliphatic imine (C=N–C) groups is 1. The van der Waals surface area contributed by atoms with Gasteiger partial charge in [-0.15, -0.1) is 15.0 Å². The monoisotopic (exact) mass is 534 g/mol. The fourth-order valence-corrected chi connectivity index (χ4v) is 4.01. The first kappa shape index (κ1) is 25.6. The number of carbonyl (C=O) groups excluding carboxylic acids is 1. The molecule has 10 nitrogen and oxygen atoms in total. The van der Waals surface area contributed by atoms with Crippen LogP contribution in [0.4, 0.5) is 13.2 Å². The van der Waals surface area contributed by atoms with Crippen LogP contribution in [0.15, 0.2) is 95.3 Å². The number of aromatic nitrogens is 4. The topological polar surface area (TPSA) is 124 Å². The van der Waals surface area contributed by atoms with Crippen LogP contribution < -0.4 is 10.5 Å². The Morgan fingerprint density at radius 3 is 2.51 bits per heavy atom. The summed E-state index contributed by atoms with van der Waals surface area (Å²) in [5.74, 6) is -0.763. The Kier molecular flexibility index (Phi) is 7.04. The van der Waals surface area contributed by atoms with Gasteiger partial charge in [0.1, 0.15) is 5.75 Å². The maximum Gasteiger partial charge on any atom is 0.416 e. The van der Waals surface area contributed by atoms with Gasteiger partial charge in [-0.3, -0.25) is 4.79 Å². The van der Waals surface area contributed by atoms with Crippen molar-refractivity contribution >= 4 is 17.6 Å². The number of halogens is 3. The fraction of sp³-hybridized carbons (Fsp3) is 0.154. The first-order valence-electron chi connectivity index (χ1n) is 11.7. The summed E-state index contributed by atoms with van der Waals surface area (Å²) in [4.78, 5) is 17.8. The van der Waals surface area contributed by atoms with Crippen molar-refractivity contribution in [3.8, 4) is 5.75 Å². The highest BCUT2D eigenvalue weighted by Crippen LogP contribution is 2.31. The van der Waals surface area contributed by atoms with E-state index in [9.17, 15) is 18.0 Å². The molecular formula is C26H21F3N8O2. The molecule has 2 N–H and O–H groups in total. The molecule has 1 aromatic heterocycles. The number of carbonyl (C=O) groups is 1. The van der Waals surface area contributed by atoms with Gasteiger partial charge in [0.05, 0.1) is 17.8 Å². The standard InChI is InChI=1S/C26H21F3N8O2/c27-26(28,29)20-8-4-7-19(13-20)24(38)33-25(30)36-14-22(17-5-2-1-3-6-17)23(34-36)18-9-11-21(12-10-18)39-16-37-32-15-31-35-37/h1-13,15,22H,14,16H2,(H2,30,33,38). The predicted octanol–water partition coefficient (Wildman–Crippen LogP) is 3.69. The van der Waals surface area contributed by atoms with Crippen molar-refractivity contribution < 1.29 is 22.7 Å². The summed E-state index contributed by atoms with van der Waals surface area (Å²) in [6.07, 6.45) is -3.28. The number of tetrazole rings is 1. The van der Waals surface area contributed by atoms with E-state index in [1.54, 1.807) is 12.1 Å². The van der Waals surface area contributed by atoms with Crippen molar-refractivity contribution in [3.05, 3.63) is 107 Å². The minimum absolute atomic E-state index is 0.0909. The Labute approximate surface area is 220 Å². The zero-order chi connectivity index (χ0) is 27.4. The normalized spacial score (nSPS) is 15.8. The highest BCUT2D eigenvalue weighted by Gasteiger charge is 2.32. The summed E-state index contributed by atoms with van der Waals surface area (Å²) < 4.78 is 44.9. The lowest BCUT2D eigenvalue weighted by Gasteiger charge is -2.15. The van der Waals surface area contributed by atoms with Gasteiger partial charge in [0, 0.05) is 11.5 Å². The highest BCUT2D eigenvalue weighted by atomic mass is 19.4. The number of rotatable bonds is 6. The summed E-state index contributed by atoms with van der Waals surface area (Å²) in [5.41, 5.74) is 7.37. The summed E-state index contributed by atoms with van der Waals surface area (Å²) in [5, 5.41) is 17.2. The van der Waals surface area contributed by atoms with E-state index in [-0.39, 0.29) is 30.7 Å². The lowest BCUT2D eigenvalue weighted by atomic mass is 9.90. The highest BCUT2D eigenvalue weighted by molar-refractivity contribution is 6.08. The van der Waals surface area contributed by atoms with Gasteiger partial charge in [-0.1, -0.05) is 36.4 Å². The Morgan fingerprint density at radius 2 is 1.82 bits per heavy atom. The van der Waals surface area contributed by atoms with Crippen molar-refractivity contribution in [2.75, 3.05) is 6.54 Å². The first-order chi connectivity index (χ1) is 18.8. The maximum atomic E-state index is 13.1. The molecule has 1 unspecified atom stereocenters. The SMILES string of the molecule is NC(=NC(=O)c1cccc(C(F)(F)F)c1)N1CC(c2ccccc2)C(c2ccc(OCn3ncnn3)cc2)=N1. The second-order valence-corrected chi connectivity index (χ2v) is 8.49. The van der Waals surface area contributed by atoms with Crippen molar-refractivity contribution in [2.24, 2.45) is 15.8 Å². The third-order valence-electron chi connectivity index (χ3n) is 5.92. The molecule has 0 saturated carbocycles. The number of hydrogen-bond donors (Lipinski definition) is 1. The molecule has 1 aliphatic rings. The zero-order valence-electron chi connectivity index (χ0n) is 20.2. The molecule has 4 aromatic rings. The van der Waals surface area contributed by atoms with Gasteiger partial charge in [0.15, 0.2) is 6.33 Å². The number of hydrogen-bond acceptors (Lipinski definition) is 6. The molecule has 198 valence electrons. The molecule has 0 saturated heterocycles. The molecule has 2 heterocycles. The predicted molar refractivity (Wildman–Crippen MR) is 135 cm³/mol. The van der Waals surface area contributed by atoms with Crippen LogP contribution >= 0.6 is 0 Å². The van der Waals surface area contributed by atoms with Crippen LogP contribution in [0.25, 0.3) is 0 Å². The van der Waals surface area contributed by atoms with E-state index < -0.39 is 17.6 Å². The van der Waals surface area contributed by atoms with E-state index in [1.165, 1.54) is 22.2 Å². The van der Waals surface area contributed by atoms with E-state index in [4.69, 9.17) is 10.5 Å². The van der Waals surface area contributed by atoms with Crippen LogP contribution in [-0.4, -0.2) is 49.3 Å². The molecule has 13 heteroatoms. The van der Waals surface area contributed by atoms with E-state index in [0.717, 1.165) is 29.3 Å². The van der Waals surface area contributed by atoms with Gasteiger partial charge in [-0.25, -0.2) is 5.01 Å². The van der Waals surface area contributed by atoms with E-state index in [1.807, 2.05) is 42.5 Å². The molecular weight excluding hydrogens is 513 g/mol. The lowest BCUT2D eigenvalue weighted by Crippen LogP contribution is -2.33. The molecule has 0 radical (unpaired) electrons. The number of alkyl halides is 3. The fourth-order valence-electron chi connectivity index (χ4n) is 4.01. The van der Waals surface area contributed by atoms with Crippen LogP contribution in [0.3, 0.4) is 0 Å². The molecule has 0 fully saturated rings. The summed E-state index contributed by atoms with van der Waals surface area (Å²) in [7, 11) is 0. The van der Waals surface area contributed by atoms with E-state index >= 15 is 0 Å². The van der Waals surface area contributed by atoms with Crippen LogP contribution in [0.2, 0.25) is 0 Å². The molecule has 39 heavy (non-hydrogen) atoms. The van der Waals surface area contributed by atoms with Crippen molar-refractivity contribution in [3.63, 3.8) is 0 Å². The molecule has 1 amide bonds. The number of hydrazone groups is 1. The van der Waals surface area contributed by atoms with E-state index in [2.05, 4.69) is 25.5 Å². The summed E-state index contributed by atoms with van der Waals surface area (Å²) >= 11 is 0. The Hall–Kier alpha value is -5.07. The Morgan fingerprint density at radius 1 is 1.05 bits per heavy atom. The smallest absolute Gasteiger partial charge is 0.416 e. The second-order valence-electron chi connectivity index (χ2n) is 8.49. The summed E-state index contributed by atoms with van der Waals surface area (Å²) in [6, 6.07) is 20.8. The van der Waals surface area contributed by atoms with Crippen LogP contribution in [-0.2, 0) is 12.9 Å². The molecule has 0 bridgehead atoms. The van der Waals surface area contributed by atoms with Crippen molar-refractivity contribution in [1.82, 2.24) is 25.2 Å². The zero-order valence-corrected chi connectivity index (χ0v) is 20.2. The van der Waals surface area contributed by atoms with Gasteiger partial charge in [-0.05, 0) is 58.8 Å². The second kappa shape index (κ2) is 10.7. The third kappa shape index (κ3) is 5.92. The number of guanidine groups is 1. The van der Waals surface area contributed by atoms with Crippen molar-refractivity contribution in [2.45, 2.75) is 18.8 Å². The molecule has 0 spiro atoms. The molecule has 1 aliphatic heterocycles.